The number of hydrogen-bond acceptors (Lipinski definition) is 3. The van der Waals surface area contributed by atoms with Crippen molar-refractivity contribution in [1.82, 2.24) is 0 Å². The van der Waals surface area contributed by atoms with Crippen LogP contribution in [0.25, 0.3) is 11.1 Å². The first-order valence-electron chi connectivity index (χ1n) is 12.1. The Hall–Kier alpha value is -4.21. The molecule has 0 heterocycles. The van der Waals surface area contributed by atoms with Gasteiger partial charge in [-0.25, -0.2) is 0 Å². The van der Waals surface area contributed by atoms with Crippen LogP contribution in [0.1, 0.15) is 16.7 Å². The molecule has 0 aromatic heterocycles. The van der Waals surface area contributed by atoms with Crippen LogP contribution < -0.4 is 16.0 Å². The van der Waals surface area contributed by atoms with E-state index in [-0.39, 0.29) is 0 Å². The highest BCUT2D eigenvalue weighted by Gasteiger charge is 2.20. The van der Waals surface area contributed by atoms with Gasteiger partial charge in [0.05, 0.1) is 0 Å². The largest absolute Gasteiger partial charge is 0.356 e. The molecule has 0 saturated heterocycles. The molecule has 36 heavy (non-hydrogen) atoms. The monoisotopic (exact) mass is 487 g/mol. The average molecular weight is 488 g/mol. The van der Waals surface area contributed by atoms with Crippen molar-refractivity contribution in [3.05, 3.63) is 131 Å². The maximum atomic E-state index is 6.35. The average Bonchev–Trinajstić information content (AvgIpc) is 3.24. The number of fused-ring (bicyclic) bond motifs is 3. The van der Waals surface area contributed by atoms with Crippen LogP contribution in [-0.2, 0) is 6.42 Å². The van der Waals surface area contributed by atoms with E-state index in [4.69, 9.17) is 11.6 Å². The van der Waals surface area contributed by atoms with Crippen molar-refractivity contribution in [2.24, 2.45) is 0 Å². The third-order valence-corrected chi connectivity index (χ3v) is 6.98. The molecular weight excluding hydrogens is 462 g/mol. The molecule has 3 N–H and O–H groups in total. The molecule has 3 nitrogen and oxygen atoms in total. The number of hydrogen-bond donors (Lipinski definition) is 3. The number of anilines is 6. The summed E-state index contributed by atoms with van der Waals surface area (Å²) < 4.78 is 0. The predicted octanol–water partition coefficient (Wildman–Crippen LogP) is 9.45. The molecule has 0 radical (unpaired) electrons. The highest BCUT2D eigenvalue weighted by Crippen LogP contribution is 2.40. The number of halogens is 1. The highest BCUT2D eigenvalue weighted by molar-refractivity contribution is 6.31. The van der Waals surface area contributed by atoms with E-state index in [0.717, 1.165) is 51.1 Å². The second kappa shape index (κ2) is 9.44. The van der Waals surface area contributed by atoms with Crippen LogP contribution in [-0.4, -0.2) is 0 Å². The topological polar surface area (TPSA) is 36.1 Å². The van der Waals surface area contributed by atoms with Crippen molar-refractivity contribution in [1.29, 1.82) is 0 Å². The standard InChI is InChI=1S/C32H26ClN3/c1-21-17-30-23(19-32(21)33)18-22-7-8-29(20-31(22)30)36-28-15-13-27(14-16-28)35-26-11-9-25(10-12-26)34-24-5-3-2-4-6-24/h2-17,19-20,34-36H,18H2,1H3. The Morgan fingerprint density at radius 3 is 1.56 bits per heavy atom. The van der Waals surface area contributed by atoms with Gasteiger partial charge in [-0.3, -0.25) is 0 Å². The van der Waals surface area contributed by atoms with Gasteiger partial charge in [0.2, 0.25) is 0 Å². The van der Waals surface area contributed by atoms with Crippen LogP contribution in [0.4, 0.5) is 34.1 Å². The summed E-state index contributed by atoms with van der Waals surface area (Å²) in [6.45, 7) is 2.06. The van der Waals surface area contributed by atoms with E-state index in [1.807, 2.05) is 18.2 Å². The van der Waals surface area contributed by atoms with E-state index < -0.39 is 0 Å². The molecule has 4 heteroatoms. The zero-order valence-electron chi connectivity index (χ0n) is 20.0. The summed E-state index contributed by atoms with van der Waals surface area (Å²) in [5, 5.41) is 11.3. The molecule has 0 spiro atoms. The lowest BCUT2D eigenvalue weighted by atomic mass is 10.0. The first kappa shape index (κ1) is 22.3. The van der Waals surface area contributed by atoms with Crippen LogP contribution in [0.5, 0.6) is 0 Å². The summed E-state index contributed by atoms with van der Waals surface area (Å²) in [6.07, 6.45) is 0.939. The van der Waals surface area contributed by atoms with Gasteiger partial charge >= 0.3 is 0 Å². The molecular formula is C32H26ClN3. The van der Waals surface area contributed by atoms with Gasteiger partial charge in [0.25, 0.3) is 0 Å². The summed E-state index contributed by atoms with van der Waals surface area (Å²) in [5.74, 6) is 0. The molecule has 176 valence electrons. The smallest absolute Gasteiger partial charge is 0.0438 e. The Morgan fingerprint density at radius 2 is 0.972 bits per heavy atom. The fourth-order valence-electron chi connectivity index (χ4n) is 4.68. The highest BCUT2D eigenvalue weighted by atomic mass is 35.5. The SMILES string of the molecule is Cc1cc2c(cc1Cl)Cc1ccc(Nc3ccc(Nc4ccc(Nc5ccccc5)cc4)cc3)cc1-2. The van der Waals surface area contributed by atoms with Gasteiger partial charge in [-0.05, 0) is 126 Å². The predicted molar refractivity (Wildman–Crippen MR) is 154 cm³/mol. The third-order valence-electron chi connectivity index (χ3n) is 6.58. The van der Waals surface area contributed by atoms with E-state index >= 15 is 0 Å². The minimum Gasteiger partial charge on any atom is -0.356 e. The maximum Gasteiger partial charge on any atom is 0.0438 e. The summed E-state index contributed by atoms with van der Waals surface area (Å²) in [5.41, 5.74) is 12.7. The Bertz CT molecular complexity index is 1530. The molecule has 0 amide bonds. The molecule has 5 aromatic carbocycles. The van der Waals surface area contributed by atoms with E-state index in [0.29, 0.717) is 0 Å². The maximum absolute atomic E-state index is 6.35. The Labute approximate surface area is 216 Å². The van der Waals surface area contributed by atoms with Crippen LogP contribution in [0.2, 0.25) is 5.02 Å². The minimum absolute atomic E-state index is 0.841. The Balaban J connectivity index is 1.12. The first-order chi connectivity index (χ1) is 17.6. The van der Waals surface area contributed by atoms with E-state index in [1.165, 1.54) is 22.3 Å². The fraction of sp³-hybridized carbons (Fsp3) is 0.0625. The lowest BCUT2D eigenvalue weighted by Gasteiger charge is -2.12. The molecule has 0 saturated carbocycles. The van der Waals surface area contributed by atoms with Crippen molar-refractivity contribution >= 4 is 45.7 Å². The summed E-state index contributed by atoms with van der Waals surface area (Å²) in [7, 11) is 0. The van der Waals surface area contributed by atoms with Crippen molar-refractivity contribution in [3.8, 4) is 11.1 Å². The van der Waals surface area contributed by atoms with Crippen molar-refractivity contribution in [2.45, 2.75) is 13.3 Å². The Morgan fingerprint density at radius 1 is 0.500 bits per heavy atom. The number of benzene rings is 5. The van der Waals surface area contributed by atoms with Crippen LogP contribution >= 0.6 is 11.6 Å². The second-order valence-electron chi connectivity index (χ2n) is 9.20. The lowest BCUT2D eigenvalue weighted by Crippen LogP contribution is -1.94. The number of rotatable bonds is 6. The van der Waals surface area contributed by atoms with Gasteiger partial charge in [0, 0.05) is 39.1 Å². The number of para-hydroxylation sites is 1. The Kier molecular flexibility index (Phi) is 5.84. The lowest BCUT2D eigenvalue weighted by molar-refractivity contribution is 1.26. The molecule has 0 aliphatic heterocycles. The first-order valence-corrected chi connectivity index (χ1v) is 12.5. The molecule has 0 bridgehead atoms. The molecule has 6 rings (SSSR count). The second-order valence-corrected chi connectivity index (χ2v) is 9.61. The summed E-state index contributed by atoms with van der Waals surface area (Å²) in [4.78, 5) is 0. The van der Waals surface area contributed by atoms with Crippen molar-refractivity contribution in [2.75, 3.05) is 16.0 Å². The summed E-state index contributed by atoms with van der Waals surface area (Å²) >= 11 is 6.35. The molecule has 0 atom stereocenters. The van der Waals surface area contributed by atoms with Gasteiger partial charge in [-0.15, -0.1) is 0 Å². The van der Waals surface area contributed by atoms with E-state index in [2.05, 4.69) is 114 Å². The molecule has 1 aliphatic rings. The molecule has 1 aliphatic carbocycles. The zero-order valence-corrected chi connectivity index (χ0v) is 20.7. The number of nitrogens with one attached hydrogen (secondary N) is 3. The molecule has 0 unspecified atom stereocenters. The van der Waals surface area contributed by atoms with Crippen LogP contribution in [0, 0.1) is 6.92 Å². The van der Waals surface area contributed by atoms with Crippen LogP contribution in [0.3, 0.4) is 0 Å². The summed E-state index contributed by atoms with van der Waals surface area (Å²) in [6, 6.07) is 37.8. The molecule has 0 fully saturated rings. The van der Waals surface area contributed by atoms with Gasteiger partial charge < -0.3 is 16.0 Å². The van der Waals surface area contributed by atoms with E-state index in [1.54, 1.807) is 0 Å². The van der Waals surface area contributed by atoms with Crippen molar-refractivity contribution in [3.63, 3.8) is 0 Å². The third kappa shape index (κ3) is 4.66. The van der Waals surface area contributed by atoms with E-state index in [9.17, 15) is 0 Å². The normalized spacial score (nSPS) is 11.5. The van der Waals surface area contributed by atoms with Crippen molar-refractivity contribution < 1.29 is 0 Å². The number of aryl methyl sites for hydroxylation is 1. The van der Waals surface area contributed by atoms with Gasteiger partial charge in [0.1, 0.15) is 0 Å². The quantitative estimate of drug-likeness (QED) is 0.219. The van der Waals surface area contributed by atoms with Gasteiger partial charge in [-0.1, -0.05) is 35.9 Å². The van der Waals surface area contributed by atoms with Crippen LogP contribution in [0.15, 0.2) is 109 Å². The van der Waals surface area contributed by atoms with Gasteiger partial charge in [0.15, 0.2) is 0 Å². The molecule has 5 aromatic rings. The minimum atomic E-state index is 0.841. The fourth-order valence-corrected chi connectivity index (χ4v) is 4.87. The van der Waals surface area contributed by atoms with Gasteiger partial charge in [-0.2, -0.15) is 0 Å². The zero-order chi connectivity index (χ0) is 24.5.